The third-order valence-corrected chi connectivity index (χ3v) is 8.79. The maximum atomic E-state index is 14.1. The highest BCUT2D eigenvalue weighted by atomic mass is 35.5. The molecule has 8 nitrogen and oxygen atoms in total. The molecule has 0 heterocycles. The van der Waals surface area contributed by atoms with E-state index in [2.05, 4.69) is 5.32 Å². The molecular weight excluding hydrogens is 550 g/mol. The van der Waals surface area contributed by atoms with Crippen LogP contribution in [0.5, 0.6) is 5.75 Å². The van der Waals surface area contributed by atoms with Gasteiger partial charge in [-0.15, -0.1) is 0 Å². The van der Waals surface area contributed by atoms with E-state index in [-0.39, 0.29) is 34.8 Å². The predicted molar refractivity (Wildman–Crippen MR) is 158 cm³/mol. The normalized spacial score (nSPS) is 12.7. The average Bonchev–Trinajstić information content (AvgIpc) is 2.96. The summed E-state index contributed by atoms with van der Waals surface area (Å²) in [6, 6.07) is 20.6. The van der Waals surface area contributed by atoms with Crippen LogP contribution in [0.15, 0.2) is 83.8 Å². The Bertz CT molecular complexity index is 1400. The van der Waals surface area contributed by atoms with Crippen molar-refractivity contribution in [2.75, 3.05) is 18.0 Å². The van der Waals surface area contributed by atoms with Gasteiger partial charge in [-0.3, -0.25) is 13.9 Å². The molecule has 0 aromatic heterocycles. The van der Waals surface area contributed by atoms with Gasteiger partial charge in [0.15, 0.2) is 0 Å². The van der Waals surface area contributed by atoms with Crippen molar-refractivity contribution in [3.05, 3.63) is 89.4 Å². The first-order valence-electron chi connectivity index (χ1n) is 13.2. The summed E-state index contributed by atoms with van der Waals surface area (Å²) in [6.45, 7) is 5.12. The van der Waals surface area contributed by atoms with Gasteiger partial charge in [-0.1, -0.05) is 74.0 Å². The van der Waals surface area contributed by atoms with Crippen LogP contribution >= 0.6 is 11.6 Å². The Morgan fingerprint density at radius 1 is 0.925 bits per heavy atom. The number of sulfonamides is 1. The second-order valence-electron chi connectivity index (χ2n) is 9.35. The Kier molecular flexibility index (Phi) is 11.0. The van der Waals surface area contributed by atoms with Gasteiger partial charge in [0.25, 0.3) is 10.0 Å². The lowest BCUT2D eigenvalue weighted by Gasteiger charge is -2.34. The summed E-state index contributed by atoms with van der Waals surface area (Å²) in [5.74, 6) is -0.586. The molecule has 0 aliphatic heterocycles. The molecule has 0 radical (unpaired) electrons. The van der Waals surface area contributed by atoms with E-state index in [0.717, 1.165) is 10.7 Å². The van der Waals surface area contributed by atoms with Crippen LogP contribution in [0.3, 0.4) is 0 Å². The number of benzene rings is 3. The van der Waals surface area contributed by atoms with Crippen molar-refractivity contribution in [3.8, 4) is 5.75 Å². The van der Waals surface area contributed by atoms with E-state index < -0.39 is 28.5 Å². The van der Waals surface area contributed by atoms with Crippen LogP contribution < -0.4 is 14.4 Å². The van der Waals surface area contributed by atoms with Crippen LogP contribution in [0.4, 0.5) is 5.69 Å². The zero-order valence-electron chi connectivity index (χ0n) is 23.2. The topological polar surface area (TPSA) is 96.0 Å². The standard InChI is InChI=1S/C30H36ClN3O5S/c1-5-22(3)32-30(36)26(6-2)33(20-23-14-10-11-17-25(23)31)29(35)21-34(27-18-12-13-19-28(27)39-4)40(37,38)24-15-8-7-9-16-24/h7-19,22,26H,5-6,20-21H2,1-4H3,(H,32,36)/t22-,26-/m1/s1. The Labute approximate surface area is 241 Å². The van der Waals surface area contributed by atoms with Crippen molar-refractivity contribution in [1.82, 2.24) is 10.2 Å². The number of methoxy groups -OCH3 is 1. The summed E-state index contributed by atoms with van der Waals surface area (Å²) in [5.41, 5.74) is 0.846. The monoisotopic (exact) mass is 585 g/mol. The Morgan fingerprint density at radius 3 is 2.17 bits per heavy atom. The van der Waals surface area contributed by atoms with Crippen LogP contribution in [-0.4, -0.2) is 50.9 Å². The van der Waals surface area contributed by atoms with Gasteiger partial charge in [-0.2, -0.15) is 0 Å². The number of carbonyl (C=O) groups is 2. The summed E-state index contributed by atoms with van der Waals surface area (Å²) in [7, 11) is -2.76. The van der Waals surface area contributed by atoms with Crippen molar-refractivity contribution in [2.24, 2.45) is 0 Å². The molecular formula is C30H36ClN3O5S. The number of ether oxygens (including phenoxy) is 1. The van der Waals surface area contributed by atoms with E-state index in [0.29, 0.717) is 17.0 Å². The lowest BCUT2D eigenvalue weighted by Crippen LogP contribution is -2.53. The van der Waals surface area contributed by atoms with Crippen LogP contribution in [0.2, 0.25) is 5.02 Å². The van der Waals surface area contributed by atoms with Gasteiger partial charge in [-0.25, -0.2) is 8.42 Å². The number of hydrogen-bond acceptors (Lipinski definition) is 5. The number of hydrogen-bond donors (Lipinski definition) is 1. The molecule has 3 aromatic carbocycles. The van der Waals surface area contributed by atoms with Gasteiger partial charge in [0.05, 0.1) is 17.7 Å². The molecule has 2 amide bonds. The summed E-state index contributed by atoms with van der Waals surface area (Å²) in [6.07, 6.45) is 1.04. The molecule has 0 aliphatic carbocycles. The van der Waals surface area contributed by atoms with Crippen LogP contribution in [0, 0.1) is 0 Å². The fourth-order valence-electron chi connectivity index (χ4n) is 4.24. The van der Waals surface area contributed by atoms with Crippen LogP contribution in [0.25, 0.3) is 0 Å². The Balaban J connectivity index is 2.10. The highest BCUT2D eigenvalue weighted by Crippen LogP contribution is 2.32. The molecule has 214 valence electrons. The minimum Gasteiger partial charge on any atom is -0.495 e. The third-order valence-electron chi connectivity index (χ3n) is 6.65. The van der Waals surface area contributed by atoms with E-state index in [1.807, 2.05) is 20.8 Å². The summed E-state index contributed by atoms with van der Waals surface area (Å²) in [4.78, 5) is 28.9. The van der Waals surface area contributed by atoms with E-state index in [9.17, 15) is 18.0 Å². The number of nitrogens with one attached hydrogen (secondary N) is 1. The van der Waals surface area contributed by atoms with E-state index in [1.165, 1.54) is 24.1 Å². The molecule has 0 saturated heterocycles. The molecule has 1 N–H and O–H groups in total. The molecule has 3 aromatic rings. The SMILES string of the molecule is CC[C@@H](C)NC(=O)[C@@H](CC)N(Cc1ccccc1Cl)C(=O)CN(c1ccccc1OC)S(=O)(=O)c1ccccc1. The van der Waals surface area contributed by atoms with E-state index in [4.69, 9.17) is 16.3 Å². The lowest BCUT2D eigenvalue weighted by atomic mass is 10.1. The quantitative estimate of drug-likeness (QED) is 0.295. The first kappa shape index (κ1) is 31.0. The van der Waals surface area contributed by atoms with Crippen LogP contribution in [0.1, 0.15) is 39.2 Å². The number of amides is 2. The highest BCUT2D eigenvalue weighted by Gasteiger charge is 2.35. The second-order valence-corrected chi connectivity index (χ2v) is 11.6. The maximum Gasteiger partial charge on any atom is 0.264 e. The molecule has 10 heteroatoms. The zero-order valence-corrected chi connectivity index (χ0v) is 24.8. The Hall–Kier alpha value is -3.56. The molecule has 2 atom stereocenters. The predicted octanol–water partition coefficient (Wildman–Crippen LogP) is 5.27. The largest absolute Gasteiger partial charge is 0.495 e. The molecule has 40 heavy (non-hydrogen) atoms. The van der Waals surface area contributed by atoms with Crippen molar-refractivity contribution in [1.29, 1.82) is 0 Å². The van der Waals surface area contributed by atoms with Gasteiger partial charge in [0, 0.05) is 17.6 Å². The lowest BCUT2D eigenvalue weighted by molar-refractivity contribution is -0.140. The van der Waals surface area contributed by atoms with Gasteiger partial charge < -0.3 is 15.0 Å². The Morgan fingerprint density at radius 2 is 1.55 bits per heavy atom. The number of nitrogens with zero attached hydrogens (tertiary/aromatic N) is 2. The molecule has 0 fully saturated rings. The molecule has 0 bridgehead atoms. The summed E-state index contributed by atoms with van der Waals surface area (Å²) in [5, 5.41) is 3.40. The van der Waals surface area contributed by atoms with E-state index in [1.54, 1.807) is 66.7 Å². The minimum absolute atomic E-state index is 0.0212. The maximum absolute atomic E-state index is 14.1. The smallest absolute Gasteiger partial charge is 0.264 e. The zero-order chi connectivity index (χ0) is 29.3. The number of para-hydroxylation sites is 2. The van der Waals surface area contributed by atoms with Crippen LogP contribution in [-0.2, 0) is 26.2 Å². The number of rotatable bonds is 13. The molecule has 0 aliphatic rings. The first-order chi connectivity index (χ1) is 19.1. The molecule has 3 rings (SSSR count). The van der Waals surface area contributed by atoms with Gasteiger partial charge in [-0.05, 0) is 55.7 Å². The number of carbonyl (C=O) groups excluding carboxylic acids is 2. The fourth-order valence-corrected chi connectivity index (χ4v) is 5.88. The second kappa shape index (κ2) is 14.2. The minimum atomic E-state index is -4.19. The van der Waals surface area contributed by atoms with Crippen molar-refractivity contribution in [2.45, 2.75) is 57.1 Å². The number of halogens is 1. The van der Waals surface area contributed by atoms with Gasteiger partial charge in [0.2, 0.25) is 11.8 Å². The van der Waals surface area contributed by atoms with Gasteiger partial charge in [0.1, 0.15) is 18.3 Å². The first-order valence-corrected chi connectivity index (χ1v) is 15.0. The number of anilines is 1. The average molecular weight is 586 g/mol. The van der Waals surface area contributed by atoms with Crippen molar-refractivity contribution in [3.63, 3.8) is 0 Å². The van der Waals surface area contributed by atoms with Crippen molar-refractivity contribution >= 4 is 39.1 Å². The molecule has 0 unspecified atom stereocenters. The van der Waals surface area contributed by atoms with Crippen molar-refractivity contribution < 1.29 is 22.7 Å². The summed E-state index contributed by atoms with van der Waals surface area (Å²) >= 11 is 6.44. The van der Waals surface area contributed by atoms with E-state index >= 15 is 0 Å². The van der Waals surface area contributed by atoms with Gasteiger partial charge >= 0.3 is 0 Å². The molecule has 0 spiro atoms. The third kappa shape index (κ3) is 7.34. The molecule has 0 saturated carbocycles. The fraction of sp³-hybridized carbons (Fsp3) is 0.333. The summed E-state index contributed by atoms with van der Waals surface area (Å²) < 4.78 is 34.3. The highest BCUT2D eigenvalue weighted by molar-refractivity contribution is 7.92.